The molecule has 2 rings (SSSR count). The fraction of sp³-hybridized carbons (Fsp3) is 0.583. The van der Waals surface area contributed by atoms with Gasteiger partial charge in [-0.1, -0.05) is 0 Å². The van der Waals surface area contributed by atoms with Crippen molar-refractivity contribution in [1.82, 2.24) is 9.97 Å². The third kappa shape index (κ3) is 2.44. The van der Waals surface area contributed by atoms with Gasteiger partial charge in [-0.3, -0.25) is 9.78 Å². The van der Waals surface area contributed by atoms with Gasteiger partial charge in [0, 0.05) is 18.3 Å². The number of carbonyl (C=O) groups is 1. The number of hydrogen-bond donors (Lipinski definition) is 1. The molecule has 0 radical (unpaired) electrons. The molecule has 1 aromatic heterocycles. The quantitative estimate of drug-likeness (QED) is 0.781. The second-order valence-electron chi connectivity index (χ2n) is 4.41. The van der Waals surface area contributed by atoms with E-state index in [0.29, 0.717) is 11.6 Å². The van der Waals surface area contributed by atoms with Gasteiger partial charge in [0.2, 0.25) is 0 Å². The van der Waals surface area contributed by atoms with E-state index in [-0.39, 0.29) is 11.7 Å². The fourth-order valence-electron chi connectivity index (χ4n) is 2.30. The van der Waals surface area contributed by atoms with Gasteiger partial charge in [0.05, 0.1) is 6.20 Å². The van der Waals surface area contributed by atoms with Crippen molar-refractivity contribution in [1.29, 1.82) is 0 Å². The standard InChI is InChI=1S/C12H17N3O/c13-7-9-1-3-10(4-2-9)12(16)11-8-14-5-6-15-11/h5-6,8-10H,1-4,7,13H2. The molecule has 4 heteroatoms. The second-order valence-corrected chi connectivity index (χ2v) is 4.41. The maximum Gasteiger partial charge on any atom is 0.185 e. The minimum Gasteiger partial charge on any atom is -0.330 e. The molecular formula is C12H17N3O. The molecule has 2 N–H and O–H groups in total. The summed E-state index contributed by atoms with van der Waals surface area (Å²) in [7, 11) is 0. The molecule has 0 saturated heterocycles. The zero-order chi connectivity index (χ0) is 11.4. The Bertz CT molecular complexity index is 345. The van der Waals surface area contributed by atoms with Crippen molar-refractivity contribution in [3.05, 3.63) is 24.3 Å². The average Bonchev–Trinajstić information content (AvgIpc) is 2.39. The van der Waals surface area contributed by atoms with E-state index in [1.54, 1.807) is 18.6 Å². The van der Waals surface area contributed by atoms with Gasteiger partial charge in [-0.15, -0.1) is 0 Å². The van der Waals surface area contributed by atoms with Crippen molar-refractivity contribution in [3.8, 4) is 0 Å². The van der Waals surface area contributed by atoms with Crippen molar-refractivity contribution in [2.75, 3.05) is 6.54 Å². The molecule has 0 aromatic carbocycles. The van der Waals surface area contributed by atoms with E-state index >= 15 is 0 Å². The summed E-state index contributed by atoms with van der Waals surface area (Å²) in [6.45, 7) is 0.742. The van der Waals surface area contributed by atoms with Gasteiger partial charge in [0.25, 0.3) is 0 Å². The van der Waals surface area contributed by atoms with Gasteiger partial charge in [0.1, 0.15) is 5.69 Å². The van der Waals surface area contributed by atoms with Gasteiger partial charge >= 0.3 is 0 Å². The molecule has 0 aliphatic heterocycles. The van der Waals surface area contributed by atoms with Crippen LogP contribution in [-0.4, -0.2) is 22.3 Å². The number of aromatic nitrogens is 2. The number of nitrogens with two attached hydrogens (primary N) is 1. The average molecular weight is 219 g/mol. The molecule has 1 aliphatic rings. The minimum absolute atomic E-state index is 0.125. The summed E-state index contributed by atoms with van der Waals surface area (Å²) in [5.74, 6) is 0.869. The van der Waals surface area contributed by atoms with Crippen LogP contribution in [0.25, 0.3) is 0 Å². The van der Waals surface area contributed by atoms with Crippen molar-refractivity contribution < 1.29 is 4.79 Å². The molecule has 0 bridgehead atoms. The maximum atomic E-state index is 12.1. The predicted molar refractivity (Wildman–Crippen MR) is 60.9 cm³/mol. The number of carbonyl (C=O) groups excluding carboxylic acids is 1. The third-order valence-corrected chi connectivity index (χ3v) is 3.37. The number of rotatable bonds is 3. The van der Waals surface area contributed by atoms with Crippen LogP contribution in [0.5, 0.6) is 0 Å². The second kappa shape index (κ2) is 5.16. The number of ketones is 1. The maximum absolute atomic E-state index is 12.1. The molecule has 0 atom stereocenters. The lowest BCUT2D eigenvalue weighted by Gasteiger charge is -2.26. The predicted octanol–water partition coefficient (Wildman–Crippen LogP) is 1.42. The summed E-state index contributed by atoms with van der Waals surface area (Å²) in [5, 5.41) is 0. The normalized spacial score (nSPS) is 25.3. The molecule has 0 unspecified atom stereocenters. The Hall–Kier alpha value is -1.29. The minimum atomic E-state index is 0.125. The van der Waals surface area contributed by atoms with E-state index in [1.807, 2.05) is 0 Å². The number of Topliss-reactive ketones (excluding diaryl/α,β-unsaturated/α-hetero) is 1. The van der Waals surface area contributed by atoms with Gasteiger partial charge in [0.15, 0.2) is 5.78 Å². The lowest BCUT2D eigenvalue weighted by molar-refractivity contribution is 0.0868. The summed E-state index contributed by atoms with van der Waals surface area (Å²) in [4.78, 5) is 20.0. The molecule has 1 saturated carbocycles. The molecule has 1 fully saturated rings. The molecule has 0 spiro atoms. The number of nitrogens with zero attached hydrogens (tertiary/aromatic N) is 2. The van der Waals surface area contributed by atoms with Gasteiger partial charge < -0.3 is 5.73 Å². The molecular weight excluding hydrogens is 202 g/mol. The molecule has 1 heterocycles. The topological polar surface area (TPSA) is 68.9 Å². The first-order chi connectivity index (χ1) is 7.81. The van der Waals surface area contributed by atoms with Crippen LogP contribution in [0, 0.1) is 11.8 Å². The highest BCUT2D eigenvalue weighted by Crippen LogP contribution is 2.29. The summed E-state index contributed by atoms with van der Waals surface area (Å²) >= 11 is 0. The van der Waals surface area contributed by atoms with Crippen molar-refractivity contribution >= 4 is 5.78 Å². The van der Waals surface area contributed by atoms with E-state index in [0.717, 1.165) is 32.2 Å². The van der Waals surface area contributed by atoms with Gasteiger partial charge in [-0.05, 0) is 38.1 Å². The Balaban J connectivity index is 1.97. The molecule has 4 nitrogen and oxygen atoms in total. The SMILES string of the molecule is NCC1CCC(C(=O)c2cnccn2)CC1. The van der Waals surface area contributed by atoms with Crippen LogP contribution < -0.4 is 5.73 Å². The summed E-state index contributed by atoms with van der Waals surface area (Å²) in [6.07, 6.45) is 8.72. The van der Waals surface area contributed by atoms with E-state index in [1.165, 1.54) is 0 Å². The monoisotopic (exact) mass is 219 g/mol. The Morgan fingerprint density at radius 3 is 2.62 bits per heavy atom. The summed E-state index contributed by atoms with van der Waals surface area (Å²) in [5.41, 5.74) is 6.13. The molecule has 16 heavy (non-hydrogen) atoms. The molecule has 86 valence electrons. The molecule has 0 amide bonds. The molecule has 1 aliphatic carbocycles. The van der Waals surface area contributed by atoms with Crippen molar-refractivity contribution in [2.45, 2.75) is 25.7 Å². The Morgan fingerprint density at radius 2 is 2.06 bits per heavy atom. The van der Waals surface area contributed by atoms with E-state index in [2.05, 4.69) is 9.97 Å². The van der Waals surface area contributed by atoms with Crippen molar-refractivity contribution in [2.24, 2.45) is 17.6 Å². The first-order valence-electron chi connectivity index (χ1n) is 5.81. The zero-order valence-corrected chi connectivity index (χ0v) is 9.30. The first-order valence-corrected chi connectivity index (χ1v) is 5.81. The molecule has 1 aromatic rings. The largest absolute Gasteiger partial charge is 0.330 e. The summed E-state index contributed by atoms with van der Waals surface area (Å²) < 4.78 is 0. The van der Waals surface area contributed by atoms with Crippen LogP contribution in [0.3, 0.4) is 0 Å². The van der Waals surface area contributed by atoms with Gasteiger partial charge in [-0.25, -0.2) is 4.98 Å². The van der Waals surface area contributed by atoms with Crippen LogP contribution in [0.1, 0.15) is 36.2 Å². The lowest BCUT2D eigenvalue weighted by Crippen LogP contribution is -2.26. The first kappa shape index (κ1) is 11.2. The van der Waals surface area contributed by atoms with Crippen LogP contribution in [-0.2, 0) is 0 Å². The highest BCUT2D eigenvalue weighted by molar-refractivity contribution is 5.95. The fourth-order valence-corrected chi connectivity index (χ4v) is 2.30. The van der Waals surface area contributed by atoms with E-state index < -0.39 is 0 Å². The van der Waals surface area contributed by atoms with Crippen LogP contribution in [0.2, 0.25) is 0 Å². The number of hydrogen-bond acceptors (Lipinski definition) is 4. The van der Waals surface area contributed by atoms with Gasteiger partial charge in [-0.2, -0.15) is 0 Å². The Labute approximate surface area is 95.3 Å². The van der Waals surface area contributed by atoms with Crippen LogP contribution in [0.15, 0.2) is 18.6 Å². The van der Waals surface area contributed by atoms with Crippen molar-refractivity contribution in [3.63, 3.8) is 0 Å². The lowest BCUT2D eigenvalue weighted by atomic mass is 9.79. The van der Waals surface area contributed by atoms with Crippen LogP contribution >= 0.6 is 0 Å². The summed E-state index contributed by atoms with van der Waals surface area (Å²) in [6, 6.07) is 0. The smallest absolute Gasteiger partial charge is 0.185 e. The highest BCUT2D eigenvalue weighted by Gasteiger charge is 2.26. The Kier molecular flexibility index (Phi) is 3.62. The van der Waals surface area contributed by atoms with E-state index in [4.69, 9.17) is 5.73 Å². The zero-order valence-electron chi connectivity index (χ0n) is 9.30. The highest BCUT2D eigenvalue weighted by atomic mass is 16.1. The van der Waals surface area contributed by atoms with Crippen LogP contribution in [0.4, 0.5) is 0 Å². The third-order valence-electron chi connectivity index (χ3n) is 3.37. The van der Waals surface area contributed by atoms with E-state index in [9.17, 15) is 4.79 Å². The Morgan fingerprint density at radius 1 is 1.31 bits per heavy atom.